The molecule has 0 aliphatic rings. The summed E-state index contributed by atoms with van der Waals surface area (Å²) in [5.74, 6) is 2.02. The first-order chi connectivity index (χ1) is 50.1. The van der Waals surface area contributed by atoms with Crippen LogP contribution in [0.2, 0.25) is 0 Å². The normalized spacial score (nSPS) is 11.3. The van der Waals surface area contributed by atoms with Gasteiger partial charge in [0, 0.05) is 178 Å². The number of nitrogens with one attached hydrogen (secondary N) is 2. The average Bonchev–Trinajstić information content (AvgIpc) is 0.924. The number of carbonyl (C=O) groups is 16. The molecule has 0 aromatic carbocycles. The molecule has 114 heavy (non-hydrogen) atoms. The lowest BCUT2D eigenvalue weighted by Crippen LogP contribution is -2.25. The summed E-state index contributed by atoms with van der Waals surface area (Å²) in [4.78, 5) is 177. The average molecular weight is 1630 g/mol. The molecule has 0 aliphatic carbocycles. The van der Waals surface area contributed by atoms with Gasteiger partial charge in [0.15, 0.2) is 0 Å². The van der Waals surface area contributed by atoms with Crippen molar-refractivity contribution in [1.29, 1.82) is 0 Å². The fourth-order valence-corrected chi connectivity index (χ4v) is 6.99. The molecule has 0 atom stereocenters. The van der Waals surface area contributed by atoms with E-state index in [0.29, 0.717) is 118 Å². The minimum Gasteiger partial charge on any atom is -0.370 e. The summed E-state index contributed by atoms with van der Waals surface area (Å²) in [5, 5.41) is 5.08. The van der Waals surface area contributed by atoms with E-state index in [0.717, 1.165) is 44.9 Å². The summed E-state index contributed by atoms with van der Waals surface area (Å²) in [6, 6.07) is 0. The molecule has 0 aromatic heterocycles. The molecule has 0 bridgehead atoms. The number of primary amides is 1. The number of Topliss-reactive ketones (excluding diaryl/α,β-unsaturated/α-hetero) is 11. The predicted octanol–water partition coefficient (Wildman–Crippen LogP) is 20.1. The van der Waals surface area contributed by atoms with E-state index in [4.69, 9.17) is 5.73 Å². The first kappa shape index (κ1) is 131. The minimum absolute atomic E-state index is 0.0117. The van der Waals surface area contributed by atoms with Crippen molar-refractivity contribution in [2.75, 3.05) is 42.3 Å². The maximum absolute atomic E-state index is 11.4. The van der Waals surface area contributed by atoms with Gasteiger partial charge in [-0.2, -0.15) is 0 Å². The summed E-state index contributed by atoms with van der Waals surface area (Å²) >= 11 is 0. The molecule has 0 aromatic rings. The predicted molar refractivity (Wildman–Crippen MR) is 475 cm³/mol. The number of amides is 5. The second kappa shape index (κ2) is 63.8. The molecule has 21 nitrogen and oxygen atoms in total. The van der Waals surface area contributed by atoms with Crippen molar-refractivity contribution < 1.29 is 76.7 Å². The van der Waals surface area contributed by atoms with E-state index in [1.165, 1.54) is 25.7 Å². The first-order valence-corrected chi connectivity index (χ1v) is 40.9. The Kier molecular flexibility index (Phi) is 73.4. The van der Waals surface area contributed by atoms with Crippen molar-refractivity contribution in [3.63, 3.8) is 0 Å². The largest absolute Gasteiger partial charge is 0.370 e. The zero-order valence-corrected chi connectivity index (χ0v) is 82.4. The van der Waals surface area contributed by atoms with E-state index in [-0.39, 0.29) is 125 Å². The fraction of sp³-hybridized carbons (Fsp3) is 0.828. The van der Waals surface area contributed by atoms with Crippen LogP contribution in [-0.4, -0.2) is 145 Å². The van der Waals surface area contributed by atoms with E-state index in [2.05, 4.69) is 114 Å². The molecule has 5 amide bonds. The van der Waals surface area contributed by atoms with Crippen molar-refractivity contribution in [2.45, 2.75) is 405 Å². The standard InChI is InChI=1S/C10H19NO2.C9H17NO2.C9H19NO.3C9H16O2.C8H17NO.2C8H16O.C7H15NO.C7H14O/c1-10(2,3)8(12)6-7-9(13)11(4)5;1-9(2,3)7(11)5-6-8(12)10-4;1-9(2,3)7-6-8(11)10(4)5;3*1-7(10)5-6-8(11)9(2,3)4;1-8(2,3)6-5-7(10)9-4;2*1-7(9)5-6-8(2,3)4;1-7(2,3)5-4-6(8)9;1-5-6(8)7(2,3)4/h6-7H2,1-5H3;5-6H2,1-4H3,(H,10,12);6-7H2,1-5H3;3*5-6H2,1-4H3;5-6H2,1-4H3,(H,9,10);2*5-6H2,1-4H3;4-5H2,1-3H3,(H2,8,9);5H2,1-4H3. The maximum Gasteiger partial charge on any atom is 0.222 e. The van der Waals surface area contributed by atoms with Crippen LogP contribution in [0.5, 0.6) is 0 Å². The number of ketones is 11. The maximum atomic E-state index is 11.4. The Bertz CT molecular complexity index is 2660. The summed E-state index contributed by atoms with van der Waals surface area (Å²) in [5.41, 5.74) is 4.68. The van der Waals surface area contributed by atoms with Gasteiger partial charge >= 0.3 is 0 Å². The monoisotopic (exact) mass is 1620 g/mol. The lowest BCUT2D eigenvalue weighted by Gasteiger charge is -2.18. The highest BCUT2D eigenvalue weighted by Crippen LogP contribution is 2.26. The smallest absolute Gasteiger partial charge is 0.222 e. The van der Waals surface area contributed by atoms with Crippen LogP contribution in [0.25, 0.3) is 0 Å². The molecule has 0 saturated carbocycles. The Morgan fingerprint density at radius 3 is 0.561 bits per heavy atom. The molecule has 0 aliphatic heterocycles. The highest BCUT2D eigenvalue weighted by atomic mass is 16.2. The molecule has 0 radical (unpaired) electrons. The Morgan fingerprint density at radius 1 is 0.237 bits per heavy atom. The van der Waals surface area contributed by atoms with Crippen molar-refractivity contribution in [1.82, 2.24) is 20.4 Å². The van der Waals surface area contributed by atoms with Crippen LogP contribution in [0.3, 0.4) is 0 Å². The highest BCUT2D eigenvalue weighted by molar-refractivity contribution is 5.91. The van der Waals surface area contributed by atoms with Gasteiger partial charge in [0.05, 0.1) is 0 Å². The quantitative estimate of drug-likeness (QED) is 0.0724. The van der Waals surface area contributed by atoms with Crippen LogP contribution in [0, 0.1) is 59.6 Å². The van der Waals surface area contributed by atoms with E-state index in [1.54, 1.807) is 61.0 Å². The molecule has 0 unspecified atom stereocenters. The Morgan fingerprint density at radius 2 is 0.412 bits per heavy atom. The molecule has 21 heteroatoms. The lowest BCUT2D eigenvalue weighted by molar-refractivity contribution is -0.133. The van der Waals surface area contributed by atoms with E-state index in [9.17, 15) is 76.7 Å². The van der Waals surface area contributed by atoms with Gasteiger partial charge in [0.1, 0.15) is 63.6 Å². The van der Waals surface area contributed by atoms with Gasteiger partial charge in [0.2, 0.25) is 29.5 Å². The molecule has 0 heterocycles. The van der Waals surface area contributed by atoms with Crippen LogP contribution >= 0.6 is 0 Å². The second-order valence-corrected chi connectivity index (χ2v) is 42.1. The number of rotatable bonds is 26. The number of hydrogen-bond donors (Lipinski definition) is 3. The second-order valence-electron chi connectivity index (χ2n) is 42.1. The third kappa shape index (κ3) is 119. The van der Waals surface area contributed by atoms with Gasteiger partial charge in [-0.25, -0.2) is 0 Å². The zero-order valence-electron chi connectivity index (χ0n) is 82.4. The molecule has 674 valence electrons. The van der Waals surface area contributed by atoms with Gasteiger partial charge in [-0.1, -0.05) is 235 Å². The number of hydrogen-bond acceptors (Lipinski definition) is 16. The fourth-order valence-electron chi connectivity index (χ4n) is 6.99. The third-order valence-electron chi connectivity index (χ3n) is 15.9. The van der Waals surface area contributed by atoms with Crippen LogP contribution < -0.4 is 16.4 Å². The minimum atomic E-state index is -0.327. The highest BCUT2D eigenvalue weighted by Gasteiger charge is 2.26. The Balaban J connectivity index is -0.000000114. The van der Waals surface area contributed by atoms with Gasteiger partial charge < -0.3 is 50.1 Å². The van der Waals surface area contributed by atoms with Gasteiger partial charge in [-0.05, 0) is 93.8 Å². The van der Waals surface area contributed by atoms with E-state index >= 15 is 0 Å². The molecule has 0 saturated heterocycles. The van der Waals surface area contributed by atoms with Gasteiger partial charge in [-0.3, -0.25) is 52.7 Å². The van der Waals surface area contributed by atoms with Crippen LogP contribution in [0.15, 0.2) is 0 Å². The molecular formula is C93H181N5O16. The van der Waals surface area contributed by atoms with E-state index < -0.39 is 0 Å². The van der Waals surface area contributed by atoms with Crippen LogP contribution in [0.4, 0.5) is 0 Å². The molecular weight excluding hydrogens is 1440 g/mol. The SMILES string of the molecule is CC(=O)CCC(=O)C(C)(C)C.CC(=O)CCC(=O)C(C)(C)C.CC(=O)CCC(=O)C(C)(C)C.CC(=O)CCC(C)(C)C.CC(=O)CCC(C)(C)C.CC(C)(C)CCC(N)=O.CCC(=O)C(C)(C)C.CN(C)C(=O)CCC(=O)C(C)(C)C.CN(C)C(=O)CCC(C)(C)C.CNC(=O)CCC(=O)C(C)(C)C.CNC(=O)CCC(C)(C)C. The summed E-state index contributed by atoms with van der Waals surface area (Å²) in [6.07, 6.45) is 12.3. The lowest BCUT2D eigenvalue weighted by atomic mass is 9.88. The third-order valence-corrected chi connectivity index (χ3v) is 15.9. The zero-order chi connectivity index (χ0) is 94.2. The van der Waals surface area contributed by atoms with Gasteiger partial charge in [0.25, 0.3) is 0 Å². The molecule has 0 spiro atoms. The topological polar surface area (TPSA) is 330 Å². The molecule has 4 N–H and O–H groups in total. The van der Waals surface area contributed by atoms with Crippen LogP contribution in [0.1, 0.15) is 405 Å². The van der Waals surface area contributed by atoms with Crippen molar-refractivity contribution in [3.8, 4) is 0 Å². The Hall–Kier alpha value is -6.28. The van der Waals surface area contributed by atoms with Gasteiger partial charge in [-0.15, -0.1) is 0 Å². The van der Waals surface area contributed by atoms with Crippen molar-refractivity contribution in [2.24, 2.45) is 65.3 Å². The van der Waals surface area contributed by atoms with Crippen molar-refractivity contribution >= 4 is 93.2 Å². The Labute approximate surface area is 699 Å². The summed E-state index contributed by atoms with van der Waals surface area (Å²) in [6.45, 7) is 75.6. The number of carbonyl (C=O) groups excluding carboxylic acids is 16. The number of nitrogens with two attached hydrogens (primary N) is 1. The summed E-state index contributed by atoms with van der Waals surface area (Å²) < 4.78 is 0. The molecule has 0 fully saturated rings. The molecule has 0 rings (SSSR count). The van der Waals surface area contributed by atoms with Crippen molar-refractivity contribution in [3.05, 3.63) is 0 Å². The summed E-state index contributed by atoms with van der Waals surface area (Å²) in [7, 11) is 10.2. The van der Waals surface area contributed by atoms with Crippen LogP contribution in [-0.2, 0) is 76.7 Å². The first-order valence-electron chi connectivity index (χ1n) is 40.9. The van der Waals surface area contributed by atoms with E-state index in [1.807, 2.05) is 132 Å². The number of nitrogens with zero attached hydrogens (tertiary/aromatic N) is 2.